The predicted molar refractivity (Wildman–Crippen MR) is 93.7 cm³/mol. The van der Waals surface area contributed by atoms with Crippen LogP contribution in [0.2, 0.25) is 0 Å². The molecule has 0 radical (unpaired) electrons. The number of hydrogen-bond acceptors (Lipinski definition) is 4. The molecule has 2 rings (SSSR count). The van der Waals surface area contributed by atoms with Gasteiger partial charge in [-0.15, -0.1) is 0 Å². The molecule has 6 nitrogen and oxygen atoms in total. The summed E-state index contributed by atoms with van der Waals surface area (Å²) in [6, 6.07) is 10.8. The second-order valence-electron chi connectivity index (χ2n) is 5.41. The predicted octanol–water partition coefficient (Wildman–Crippen LogP) is 3.10. The molecule has 3 N–H and O–H groups in total. The maximum Gasteiger partial charge on any atom is 0.261 e. The smallest absolute Gasteiger partial charge is 0.261 e. The van der Waals surface area contributed by atoms with Crippen molar-refractivity contribution in [3.8, 4) is 5.75 Å². The van der Waals surface area contributed by atoms with Crippen LogP contribution >= 0.6 is 0 Å². The first kappa shape index (κ1) is 17.8. The highest BCUT2D eigenvalue weighted by Crippen LogP contribution is 2.28. The van der Waals surface area contributed by atoms with Gasteiger partial charge in [0.05, 0.1) is 16.3 Å². The second kappa shape index (κ2) is 7.35. The van der Waals surface area contributed by atoms with Crippen LogP contribution in [0.1, 0.15) is 25.8 Å². The van der Waals surface area contributed by atoms with Gasteiger partial charge in [-0.3, -0.25) is 9.52 Å². The van der Waals surface area contributed by atoms with E-state index < -0.39 is 10.0 Å². The summed E-state index contributed by atoms with van der Waals surface area (Å²) >= 11 is 0. The van der Waals surface area contributed by atoms with Crippen LogP contribution in [0.3, 0.4) is 0 Å². The molecule has 128 valence electrons. The van der Waals surface area contributed by atoms with E-state index in [0.29, 0.717) is 0 Å². The molecule has 2 aromatic rings. The third-order valence-electron chi connectivity index (χ3n) is 3.33. The average molecular weight is 348 g/mol. The van der Waals surface area contributed by atoms with E-state index in [4.69, 9.17) is 0 Å². The molecule has 0 aliphatic carbocycles. The van der Waals surface area contributed by atoms with E-state index in [1.54, 1.807) is 24.3 Å². The van der Waals surface area contributed by atoms with Gasteiger partial charge < -0.3 is 10.4 Å². The number of amides is 1. The molecule has 0 bridgehead atoms. The molecule has 0 unspecified atom stereocenters. The van der Waals surface area contributed by atoms with Gasteiger partial charge in [0.2, 0.25) is 5.91 Å². The SMILES string of the molecule is CCCc1ccc(S(=O)(=O)Nc2ccc(O)c(NC(C)=O)c2)cc1. The summed E-state index contributed by atoms with van der Waals surface area (Å²) in [5, 5.41) is 12.1. The minimum atomic E-state index is -3.75. The molecule has 0 heterocycles. The summed E-state index contributed by atoms with van der Waals surface area (Å²) in [5.74, 6) is -0.506. The van der Waals surface area contributed by atoms with Crippen LogP contribution in [0.15, 0.2) is 47.4 Å². The van der Waals surface area contributed by atoms with E-state index in [1.165, 1.54) is 25.1 Å². The fourth-order valence-electron chi connectivity index (χ4n) is 2.23. The molecular formula is C17H20N2O4S. The molecule has 0 saturated carbocycles. The van der Waals surface area contributed by atoms with Crippen LogP contribution in [-0.2, 0) is 21.2 Å². The number of hydrogen-bond donors (Lipinski definition) is 3. The fraction of sp³-hybridized carbons (Fsp3) is 0.235. The first-order valence-corrected chi connectivity index (χ1v) is 9.02. The van der Waals surface area contributed by atoms with Crippen LogP contribution in [0.4, 0.5) is 11.4 Å². The highest BCUT2D eigenvalue weighted by atomic mass is 32.2. The Morgan fingerprint density at radius 3 is 2.38 bits per heavy atom. The monoisotopic (exact) mass is 348 g/mol. The van der Waals surface area contributed by atoms with Crippen molar-refractivity contribution in [2.45, 2.75) is 31.6 Å². The third-order valence-corrected chi connectivity index (χ3v) is 4.73. The summed E-state index contributed by atoms with van der Waals surface area (Å²) in [6.07, 6.45) is 1.88. The van der Waals surface area contributed by atoms with Gasteiger partial charge in [-0.1, -0.05) is 25.5 Å². The number of aryl methyl sites for hydroxylation is 1. The van der Waals surface area contributed by atoms with Gasteiger partial charge in [0.25, 0.3) is 10.0 Å². The highest BCUT2D eigenvalue weighted by molar-refractivity contribution is 7.92. The lowest BCUT2D eigenvalue weighted by Gasteiger charge is -2.11. The zero-order chi connectivity index (χ0) is 17.7. The van der Waals surface area contributed by atoms with Crippen molar-refractivity contribution in [2.75, 3.05) is 10.0 Å². The Morgan fingerprint density at radius 2 is 1.79 bits per heavy atom. The zero-order valence-corrected chi connectivity index (χ0v) is 14.4. The van der Waals surface area contributed by atoms with Crippen molar-refractivity contribution >= 4 is 27.3 Å². The number of phenolic OH excluding ortho intramolecular Hbond substituents is 1. The summed E-state index contributed by atoms with van der Waals surface area (Å²) < 4.78 is 27.3. The minimum absolute atomic E-state index is 0.140. The van der Waals surface area contributed by atoms with Crippen LogP contribution in [0.5, 0.6) is 5.75 Å². The van der Waals surface area contributed by atoms with E-state index in [9.17, 15) is 18.3 Å². The highest BCUT2D eigenvalue weighted by Gasteiger charge is 2.15. The van der Waals surface area contributed by atoms with Crippen molar-refractivity contribution in [1.82, 2.24) is 0 Å². The quantitative estimate of drug-likeness (QED) is 0.552. The normalized spacial score (nSPS) is 11.1. The fourth-order valence-corrected chi connectivity index (χ4v) is 3.28. The van der Waals surface area contributed by atoms with E-state index in [-0.39, 0.29) is 27.9 Å². The number of benzene rings is 2. The number of phenols is 1. The lowest BCUT2D eigenvalue weighted by molar-refractivity contribution is -0.114. The maximum atomic E-state index is 12.4. The van der Waals surface area contributed by atoms with Gasteiger partial charge in [0.15, 0.2) is 0 Å². The maximum absolute atomic E-state index is 12.4. The van der Waals surface area contributed by atoms with Crippen molar-refractivity contribution in [3.63, 3.8) is 0 Å². The van der Waals surface area contributed by atoms with E-state index in [0.717, 1.165) is 18.4 Å². The number of rotatable bonds is 6. The lowest BCUT2D eigenvalue weighted by atomic mass is 10.1. The molecule has 0 fully saturated rings. The minimum Gasteiger partial charge on any atom is -0.506 e. The van der Waals surface area contributed by atoms with E-state index in [1.807, 2.05) is 0 Å². The summed E-state index contributed by atoms with van der Waals surface area (Å²) in [5.41, 5.74) is 1.46. The molecular weight excluding hydrogens is 328 g/mol. The summed E-state index contributed by atoms with van der Waals surface area (Å²) in [6.45, 7) is 3.36. The Balaban J connectivity index is 2.24. The molecule has 0 atom stereocenters. The van der Waals surface area contributed by atoms with Crippen molar-refractivity contribution in [1.29, 1.82) is 0 Å². The standard InChI is InChI=1S/C17H20N2O4S/c1-3-4-13-5-8-15(9-6-13)24(22,23)19-14-7-10-17(21)16(11-14)18-12(2)20/h5-11,19,21H,3-4H2,1-2H3,(H,18,20). The molecule has 2 aromatic carbocycles. The Labute approximate surface area is 141 Å². The number of sulfonamides is 1. The van der Waals surface area contributed by atoms with Gasteiger partial charge in [0.1, 0.15) is 5.75 Å². The molecule has 0 aromatic heterocycles. The van der Waals surface area contributed by atoms with Gasteiger partial charge in [-0.25, -0.2) is 8.42 Å². The van der Waals surface area contributed by atoms with E-state index in [2.05, 4.69) is 17.0 Å². The second-order valence-corrected chi connectivity index (χ2v) is 7.09. The molecule has 24 heavy (non-hydrogen) atoms. The van der Waals surface area contributed by atoms with Crippen molar-refractivity contribution < 1.29 is 18.3 Å². The first-order chi connectivity index (χ1) is 11.3. The zero-order valence-electron chi connectivity index (χ0n) is 13.5. The van der Waals surface area contributed by atoms with Gasteiger partial charge in [-0.2, -0.15) is 0 Å². The third kappa shape index (κ3) is 4.48. The molecule has 1 amide bonds. The van der Waals surface area contributed by atoms with Gasteiger partial charge >= 0.3 is 0 Å². The number of carbonyl (C=O) groups excluding carboxylic acids is 1. The molecule has 0 saturated heterocycles. The summed E-state index contributed by atoms with van der Waals surface area (Å²) in [7, 11) is -3.75. The van der Waals surface area contributed by atoms with Gasteiger partial charge in [0, 0.05) is 6.92 Å². The Morgan fingerprint density at radius 1 is 1.12 bits per heavy atom. The molecule has 0 spiro atoms. The van der Waals surface area contributed by atoms with Crippen molar-refractivity contribution in [3.05, 3.63) is 48.0 Å². The largest absolute Gasteiger partial charge is 0.506 e. The van der Waals surface area contributed by atoms with Crippen molar-refractivity contribution in [2.24, 2.45) is 0 Å². The van der Waals surface area contributed by atoms with Crippen LogP contribution in [0, 0.1) is 0 Å². The molecule has 7 heteroatoms. The summed E-state index contributed by atoms with van der Waals surface area (Å²) in [4.78, 5) is 11.3. The Kier molecular flexibility index (Phi) is 5.46. The Hall–Kier alpha value is -2.54. The number of carbonyl (C=O) groups is 1. The van der Waals surface area contributed by atoms with Crippen LogP contribution in [-0.4, -0.2) is 19.4 Å². The number of nitrogens with one attached hydrogen (secondary N) is 2. The van der Waals surface area contributed by atoms with E-state index >= 15 is 0 Å². The lowest BCUT2D eigenvalue weighted by Crippen LogP contribution is -2.13. The topological polar surface area (TPSA) is 95.5 Å². The molecule has 0 aliphatic heterocycles. The van der Waals surface area contributed by atoms with Crippen LogP contribution < -0.4 is 10.0 Å². The van der Waals surface area contributed by atoms with Gasteiger partial charge in [-0.05, 0) is 42.3 Å². The number of anilines is 2. The molecule has 0 aliphatic rings. The average Bonchev–Trinajstić information content (AvgIpc) is 2.51. The Bertz CT molecular complexity index is 830. The van der Waals surface area contributed by atoms with Crippen LogP contribution in [0.25, 0.3) is 0 Å². The number of aromatic hydroxyl groups is 1. The first-order valence-electron chi connectivity index (χ1n) is 7.54.